The highest BCUT2D eigenvalue weighted by Crippen LogP contribution is 2.33. The van der Waals surface area contributed by atoms with E-state index in [9.17, 15) is 13.2 Å². The first-order valence-corrected chi connectivity index (χ1v) is 10.0. The Bertz CT molecular complexity index is 972. The molecular formula is C19H22N2O5S. The summed E-state index contributed by atoms with van der Waals surface area (Å²) in [5.74, 6) is -0.484. The van der Waals surface area contributed by atoms with Gasteiger partial charge in [0.15, 0.2) is 0 Å². The van der Waals surface area contributed by atoms with Crippen molar-refractivity contribution in [3.05, 3.63) is 53.1 Å². The lowest BCUT2D eigenvalue weighted by Crippen LogP contribution is -2.31. The van der Waals surface area contributed by atoms with E-state index in [2.05, 4.69) is 9.46 Å². The topological polar surface area (TPSA) is 108 Å². The maximum absolute atomic E-state index is 13.0. The van der Waals surface area contributed by atoms with Gasteiger partial charge in [0.05, 0.1) is 19.8 Å². The third-order valence-electron chi connectivity index (χ3n) is 4.65. The third-order valence-corrected chi connectivity index (χ3v) is 6.16. The van der Waals surface area contributed by atoms with E-state index in [4.69, 9.17) is 10.5 Å². The van der Waals surface area contributed by atoms with Crippen LogP contribution in [0.1, 0.15) is 40.4 Å². The fourth-order valence-electron chi connectivity index (χ4n) is 3.34. The number of esters is 1. The van der Waals surface area contributed by atoms with Crippen LogP contribution in [0.25, 0.3) is 0 Å². The van der Waals surface area contributed by atoms with E-state index in [0.29, 0.717) is 12.1 Å². The summed E-state index contributed by atoms with van der Waals surface area (Å²) in [6.45, 7) is 0. The predicted molar refractivity (Wildman–Crippen MR) is 101 cm³/mol. The Labute approximate surface area is 158 Å². The number of sulfonamides is 1. The number of hydrogen-bond donors (Lipinski definition) is 2. The molecule has 0 bridgehead atoms. The maximum atomic E-state index is 13.0. The Kier molecular flexibility index (Phi) is 5.38. The Balaban J connectivity index is 1.93. The zero-order chi connectivity index (χ0) is 19.6. The second-order valence-corrected chi connectivity index (χ2v) is 8.06. The summed E-state index contributed by atoms with van der Waals surface area (Å²) in [6.07, 6.45) is 2.43. The number of hydrogen-bond acceptors (Lipinski definition) is 6. The lowest BCUT2D eigenvalue weighted by atomic mass is 9.88. The summed E-state index contributed by atoms with van der Waals surface area (Å²) >= 11 is 0. The first-order valence-electron chi connectivity index (χ1n) is 8.52. The van der Waals surface area contributed by atoms with Crippen molar-refractivity contribution in [2.24, 2.45) is 0 Å². The van der Waals surface area contributed by atoms with Gasteiger partial charge >= 0.3 is 5.97 Å². The number of benzene rings is 2. The van der Waals surface area contributed by atoms with Gasteiger partial charge in [-0.15, -0.1) is 0 Å². The van der Waals surface area contributed by atoms with Gasteiger partial charge in [-0.1, -0.05) is 6.07 Å². The SMILES string of the molecule is COC(=O)c1ccc(S(=O)(=O)NC2CCCc3cc(N)ccc32)c(OC)c1. The quantitative estimate of drug-likeness (QED) is 0.600. The second-order valence-electron chi connectivity index (χ2n) is 6.38. The van der Waals surface area contributed by atoms with Gasteiger partial charge in [0.1, 0.15) is 10.6 Å². The second kappa shape index (κ2) is 7.58. The first-order chi connectivity index (χ1) is 12.9. The molecule has 7 nitrogen and oxygen atoms in total. The molecule has 1 aliphatic carbocycles. The van der Waals surface area contributed by atoms with E-state index >= 15 is 0 Å². The van der Waals surface area contributed by atoms with Crippen LogP contribution in [0, 0.1) is 0 Å². The molecule has 0 aromatic heterocycles. The number of ether oxygens (including phenoxy) is 2. The molecule has 2 aromatic carbocycles. The molecule has 0 spiro atoms. The molecule has 0 saturated heterocycles. The number of carbonyl (C=O) groups excluding carboxylic acids is 1. The van der Waals surface area contributed by atoms with Crippen LogP contribution in [0.15, 0.2) is 41.3 Å². The number of nitrogens with two attached hydrogens (primary N) is 1. The Hall–Kier alpha value is -2.58. The van der Waals surface area contributed by atoms with E-state index in [1.807, 2.05) is 12.1 Å². The third kappa shape index (κ3) is 3.91. The maximum Gasteiger partial charge on any atom is 0.337 e. The van der Waals surface area contributed by atoms with Crippen LogP contribution in [0.3, 0.4) is 0 Å². The Morgan fingerprint density at radius 1 is 1.19 bits per heavy atom. The van der Waals surface area contributed by atoms with E-state index in [0.717, 1.165) is 24.0 Å². The fraction of sp³-hybridized carbons (Fsp3) is 0.316. The molecule has 0 aliphatic heterocycles. The van der Waals surface area contributed by atoms with Crippen LogP contribution in [0.4, 0.5) is 5.69 Å². The van der Waals surface area contributed by atoms with E-state index in [-0.39, 0.29) is 22.3 Å². The minimum Gasteiger partial charge on any atom is -0.495 e. The van der Waals surface area contributed by atoms with Crippen molar-refractivity contribution in [1.29, 1.82) is 0 Å². The molecule has 144 valence electrons. The van der Waals surface area contributed by atoms with Crippen molar-refractivity contribution in [2.75, 3.05) is 20.0 Å². The molecule has 0 radical (unpaired) electrons. The van der Waals surface area contributed by atoms with Crippen LogP contribution >= 0.6 is 0 Å². The summed E-state index contributed by atoms with van der Waals surface area (Å²) in [4.78, 5) is 11.6. The van der Waals surface area contributed by atoms with E-state index < -0.39 is 16.0 Å². The normalized spacial score (nSPS) is 16.4. The average molecular weight is 390 g/mol. The van der Waals surface area contributed by atoms with Crippen molar-refractivity contribution in [1.82, 2.24) is 4.72 Å². The predicted octanol–water partition coefficient (Wildman–Crippen LogP) is 2.42. The summed E-state index contributed by atoms with van der Waals surface area (Å²) in [7, 11) is -1.25. The van der Waals surface area contributed by atoms with Crippen molar-refractivity contribution in [3.8, 4) is 5.75 Å². The first kappa shape index (κ1) is 19.2. The number of rotatable bonds is 5. The summed E-state index contributed by atoms with van der Waals surface area (Å²) in [5.41, 5.74) is 8.71. The van der Waals surface area contributed by atoms with Crippen LogP contribution in [-0.4, -0.2) is 28.6 Å². The molecule has 0 fully saturated rings. The van der Waals surface area contributed by atoms with Gasteiger partial charge in [0.25, 0.3) is 0 Å². The van der Waals surface area contributed by atoms with Crippen LogP contribution in [0.2, 0.25) is 0 Å². The highest BCUT2D eigenvalue weighted by Gasteiger charge is 2.28. The van der Waals surface area contributed by atoms with Crippen LogP contribution < -0.4 is 15.2 Å². The number of anilines is 1. The molecule has 8 heteroatoms. The summed E-state index contributed by atoms with van der Waals surface area (Å²) in [5, 5.41) is 0. The fourth-order valence-corrected chi connectivity index (χ4v) is 4.74. The van der Waals surface area contributed by atoms with Gasteiger partial charge in [-0.3, -0.25) is 0 Å². The average Bonchev–Trinajstić information content (AvgIpc) is 2.66. The zero-order valence-corrected chi connectivity index (χ0v) is 16.0. The van der Waals surface area contributed by atoms with Gasteiger partial charge in [-0.05, 0) is 60.7 Å². The molecule has 3 N–H and O–H groups in total. The van der Waals surface area contributed by atoms with Crippen LogP contribution in [-0.2, 0) is 21.2 Å². The molecule has 2 aromatic rings. The minimum atomic E-state index is -3.86. The molecule has 0 saturated carbocycles. The number of aryl methyl sites for hydroxylation is 1. The van der Waals surface area contributed by atoms with Gasteiger partial charge in [0, 0.05) is 11.7 Å². The van der Waals surface area contributed by atoms with Crippen molar-refractivity contribution >= 4 is 21.7 Å². The number of methoxy groups -OCH3 is 2. The number of nitrogens with one attached hydrogen (secondary N) is 1. The highest BCUT2D eigenvalue weighted by atomic mass is 32.2. The highest BCUT2D eigenvalue weighted by molar-refractivity contribution is 7.89. The minimum absolute atomic E-state index is 0.0276. The van der Waals surface area contributed by atoms with Crippen molar-refractivity contribution in [3.63, 3.8) is 0 Å². The Morgan fingerprint density at radius 2 is 1.96 bits per heavy atom. The van der Waals surface area contributed by atoms with Gasteiger partial charge in [-0.2, -0.15) is 0 Å². The molecule has 0 amide bonds. The molecule has 1 atom stereocenters. The van der Waals surface area contributed by atoms with Crippen molar-refractivity contribution in [2.45, 2.75) is 30.2 Å². The van der Waals surface area contributed by atoms with Crippen LogP contribution in [0.5, 0.6) is 5.75 Å². The van der Waals surface area contributed by atoms with Gasteiger partial charge in [0.2, 0.25) is 10.0 Å². The van der Waals surface area contributed by atoms with Gasteiger partial charge < -0.3 is 15.2 Å². The monoisotopic (exact) mass is 390 g/mol. The Morgan fingerprint density at radius 3 is 2.67 bits per heavy atom. The number of nitrogen functional groups attached to an aromatic ring is 1. The number of fused-ring (bicyclic) bond motifs is 1. The molecular weight excluding hydrogens is 368 g/mol. The molecule has 1 aliphatic rings. The largest absolute Gasteiger partial charge is 0.495 e. The lowest BCUT2D eigenvalue weighted by Gasteiger charge is -2.26. The standard InChI is InChI=1S/C19H22N2O5S/c1-25-17-11-13(19(22)26-2)6-9-18(17)27(23,24)21-16-5-3-4-12-10-14(20)7-8-15(12)16/h6-11,16,21H,3-5,20H2,1-2H3. The van der Waals surface area contributed by atoms with E-state index in [1.165, 1.54) is 32.4 Å². The van der Waals surface area contributed by atoms with E-state index in [1.54, 1.807) is 6.07 Å². The summed E-state index contributed by atoms with van der Waals surface area (Å²) in [6, 6.07) is 9.30. The number of carbonyl (C=O) groups is 1. The molecule has 3 rings (SSSR count). The van der Waals surface area contributed by atoms with Gasteiger partial charge in [-0.25, -0.2) is 17.9 Å². The molecule has 1 unspecified atom stereocenters. The summed E-state index contributed by atoms with van der Waals surface area (Å²) < 4.78 is 38.6. The molecule has 27 heavy (non-hydrogen) atoms. The smallest absolute Gasteiger partial charge is 0.337 e. The lowest BCUT2D eigenvalue weighted by molar-refractivity contribution is 0.0600. The zero-order valence-electron chi connectivity index (χ0n) is 15.2. The molecule has 0 heterocycles. The van der Waals surface area contributed by atoms with Crippen molar-refractivity contribution < 1.29 is 22.7 Å².